The van der Waals surface area contributed by atoms with Gasteiger partial charge in [-0.15, -0.1) is 0 Å². The minimum absolute atomic E-state index is 0.0354. The second-order valence-corrected chi connectivity index (χ2v) is 6.69. The minimum atomic E-state index is -0.355. The summed E-state index contributed by atoms with van der Waals surface area (Å²) in [5.41, 5.74) is 4.20. The number of carbonyl (C=O) groups is 2. The van der Waals surface area contributed by atoms with Gasteiger partial charge in [0.05, 0.1) is 5.92 Å². The maximum Gasteiger partial charge on any atom is 0.207 e. The van der Waals surface area contributed by atoms with Gasteiger partial charge in [0.1, 0.15) is 5.78 Å². The lowest BCUT2D eigenvalue weighted by atomic mass is 9.87. The molecule has 3 rings (SSSR count). The number of carbonyl (C=O) groups excluding carboxylic acids is 2. The van der Waals surface area contributed by atoms with Crippen LogP contribution in [0.4, 0.5) is 0 Å². The van der Waals surface area contributed by atoms with Crippen molar-refractivity contribution in [1.29, 1.82) is 0 Å². The fourth-order valence-electron chi connectivity index (χ4n) is 3.12. The van der Waals surface area contributed by atoms with Gasteiger partial charge in [-0.05, 0) is 60.1 Å². The first-order valence-electron chi connectivity index (χ1n) is 8.18. The third kappa shape index (κ3) is 3.51. The average molecular weight is 342 g/mol. The van der Waals surface area contributed by atoms with Crippen LogP contribution in [0.25, 0.3) is 11.1 Å². The Morgan fingerprint density at radius 1 is 1.29 bits per heavy atom. The molecule has 0 saturated heterocycles. The molecule has 1 fully saturated rings. The fourth-order valence-corrected chi connectivity index (χ4v) is 3.39. The van der Waals surface area contributed by atoms with Gasteiger partial charge >= 0.3 is 0 Å². The van der Waals surface area contributed by atoms with Gasteiger partial charge in [0.2, 0.25) is 6.41 Å². The highest BCUT2D eigenvalue weighted by molar-refractivity contribution is 6.31. The maximum absolute atomic E-state index is 12.1. The first-order valence-corrected chi connectivity index (χ1v) is 8.56. The van der Waals surface area contributed by atoms with Gasteiger partial charge in [-0.25, -0.2) is 0 Å². The summed E-state index contributed by atoms with van der Waals surface area (Å²) < 4.78 is 0. The highest BCUT2D eigenvalue weighted by Crippen LogP contribution is 2.45. The molecule has 1 saturated carbocycles. The maximum atomic E-state index is 12.1. The third-order valence-electron chi connectivity index (χ3n) is 4.56. The number of amides is 1. The van der Waals surface area contributed by atoms with Crippen molar-refractivity contribution in [2.45, 2.75) is 31.6 Å². The molecule has 1 amide bonds. The molecule has 0 bridgehead atoms. The van der Waals surface area contributed by atoms with Crippen LogP contribution >= 0.6 is 11.6 Å². The summed E-state index contributed by atoms with van der Waals surface area (Å²) in [6.07, 6.45) is 3.00. The van der Waals surface area contributed by atoms with Gasteiger partial charge in [0.15, 0.2) is 0 Å². The van der Waals surface area contributed by atoms with Gasteiger partial charge in [0, 0.05) is 11.6 Å². The molecule has 124 valence electrons. The van der Waals surface area contributed by atoms with Crippen LogP contribution in [0.1, 0.15) is 42.7 Å². The monoisotopic (exact) mass is 341 g/mol. The number of ketones is 1. The molecule has 1 unspecified atom stereocenters. The second kappa shape index (κ2) is 7.18. The van der Waals surface area contributed by atoms with Gasteiger partial charge in [-0.2, -0.15) is 0 Å². The average Bonchev–Trinajstić information content (AvgIpc) is 3.41. The number of nitrogens with one attached hydrogen (secondary N) is 1. The second-order valence-electron chi connectivity index (χ2n) is 6.29. The van der Waals surface area contributed by atoms with E-state index in [2.05, 4.69) is 11.4 Å². The summed E-state index contributed by atoms with van der Waals surface area (Å²) in [6, 6.07) is 13.9. The predicted molar refractivity (Wildman–Crippen MR) is 96.4 cm³/mol. The summed E-state index contributed by atoms with van der Waals surface area (Å²) >= 11 is 6.34. The predicted octanol–water partition coefficient (Wildman–Crippen LogP) is 4.30. The van der Waals surface area contributed by atoms with Gasteiger partial charge in [0.25, 0.3) is 0 Å². The van der Waals surface area contributed by atoms with E-state index in [1.165, 1.54) is 18.4 Å². The van der Waals surface area contributed by atoms with Crippen molar-refractivity contribution in [2.24, 2.45) is 0 Å². The molecular formula is C20H20ClNO2. The Kier molecular flexibility index (Phi) is 5.00. The van der Waals surface area contributed by atoms with Crippen LogP contribution in [0.5, 0.6) is 0 Å². The molecule has 24 heavy (non-hydrogen) atoms. The number of halogens is 1. The molecule has 2 aromatic rings. The Balaban J connectivity index is 2.04. The van der Waals surface area contributed by atoms with E-state index in [0.29, 0.717) is 18.9 Å². The van der Waals surface area contributed by atoms with E-state index in [4.69, 9.17) is 11.6 Å². The van der Waals surface area contributed by atoms with Crippen LogP contribution in [-0.4, -0.2) is 18.7 Å². The van der Waals surface area contributed by atoms with Crippen molar-refractivity contribution >= 4 is 23.8 Å². The van der Waals surface area contributed by atoms with Gasteiger partial charge in [-0.1, -0.05) is 41.9 Å². The summed E-state index contributed by atoms with van der Waals surface area (Å²) in [6.45, 7) is 1.87. The van der Waals surface area contributed by atoms with Gasteiger partial charge in [-0.3, -0.25) is 9.59 Å². The molecule has 1 aliphatic rings. The Morgan fingerprint density at radius 3 is 2.71 bits per heavy atom. The summed E-state index contributed by atoms with van der Waals surface area (Å²) in [4.78, 5) is 22.7. The van der Waals surface area contributed by atoms with E-state index < -0.39 is 0 Å². The van der Waals surface area contributed by atoms with E-state index in [1.807, 2.05) is 36.4 Å². The molecule has 0 aliphatic heterocycles. The Hall–Kier alpha value is -2.13. The molecule has 2 aromatic carbocycles. The Bertz CT molecular complexity index is 768. The van der Waals surface area contributed by atoms with E-state index >= 15 is 0 Å². The van der Waals surface area contributed by atoms with E-state index in [9.17, 15) is 9.59 Å². The molecular weight excluding hydrogens is 322 g/mol. The number of hydrogen-bond donors (Lipinski definition) is 1. The molecule has 0 heterocycles. The van der Waals surface area contributed by atoms with E-state index in [1.54, 1.807) is 6.92 Å². The smallest absolute Gasteiger partial charge is 0.207 e. The molecule has 1 N–H and O–H groups in total. The molecule has 1 atom stereocenters. The van der Waals surface area contributed by atoms with Crippen molar-refractivity contribution in [3.05, 3.63) is 58.6 Å². The van der Waals surface area contributed by atoms with E-state index in [0.717, 1.165) is 21.7 Å². The van der Waals surface area contributed by atoms with Crippen molar-refractivity contribution in [3.63, 3.8) is 0 Å². The zero-order chi connectivity index (χ0) is 17.1. The lowest BCUT2D eigenvalue weighted by Crippen LogP contribution is -2.25. The normalized spacial score (nSPS) is 14.9. The zero-order valence-corrected chi connectivity index (χ0v) is 14.3. The first kappa shape index (κ1) is 16.7. The fraction of sp³-hybridized carbons (Fsp3) is 0.300. The summed E-state index contributed by atoms with van der Waals surface area (Å²) in [7, 11) is 0. The number of hydrogen-bond acceptors (Lipinski definition) is 2. The van der Waals surface area contributed by atoms with E-state index in [-0.39, 0.29) is 11.7 Å². The minimum Gasteiger partial charge on any atom is -0.358 e. The van der Waals surface area contributed by atoms with Crippen molar-refractivity contribution in [2.75, 3.05) is 6.54 Å². The highest BCUT2D eigenvalue weighted by atomic mass is 35.5. The van der Waals surface area contributed by atoms with Crippen molar-refractivity contribution in [3.8, 4) is 11.1 Å². The molecule has 0 spiro atoms. The number of rotatable bonds is 7. The first-order chi connectivity index (χ1) is 11.6. The number of Topliss-reactive ketones (excluding diaryl/α,β-unsaturated/α-hetero) is 1. The van der Waals surface area contributed by atoms with Crippen molar-refractivity contribution < 1.29 is 9.59 Å². The SMILES string of the molecule is CC(=O)C(CNC=O)c1ccccc1-c1ccc(Cl)c(C2CC2)c1. The standard InChI is InChI=1S/C20H20ClNO2/c1-13(24)19(11-22-12-23)17-5-3-2-4-16(17)15-8-9-20(21)18(10-15)14-6-7-14/h2-5,8-10,12,14,19H,6-7,11H2,1H3,(H,22,23). The zero-order valence-electron chi connectivity index (χ0n) is 13.6. The topological polar surface area (TPSA) is 46.2 Å². The Labute approximate surface area is 147 Å². The quantitative estimate of drug-likeness (QED) is 0.763. The number of benzene rings is 2. The lowest BCUT2D eigenvalue weighted by molar-refractivity contribution is -0.118. The van der Waals surface area contributed by atoms with Crippen molar-refractivity contribution in [1.82, 2.24) is 5.32 Å². The van der Waals surface area contributed by atoms with Crippen LogP contribution in [0.15, 0.2) is 42.5 Å². The molecule has 1 aliphatic carbocycles. The largest absolute Gasteiger partial charge is 0.358 e. The summed E-state index contributed by atoms with van der Waals surface area (Å²) in [5, 5.41) is 3.44. The molecule has 3 nitrogen and oxygen atoms in total. The third-order valence-corrected chi connectivity index (χ3v) is 4.90. The van der Waals surface area contributed by atoms with Crippen LogP contribution in [0.3, 0.4) is 0 Å². The highest BCUT2D eigenvalue weighted by Gasteiger charge is 2.27. The Morgan fingerprint density at radius 2 is 2.04 bits per heavy atom. The summed E-state index contributed by atoms with van der Waals surface area (Å²) in [5.74, 6) is 0.240. The van der Waals surface area contributed by atoms with Gasteiger partial charge < -0.3 is 5.32 Å². The molecule has 4 heteroatoms. The van der Waals surface area contributed by atoms with Crippen LogP contribution < -0.4 is 5.32 Å². The van der Waals surface area contributed by atoms with Crippen LogP contribution in [-0.2, 0) is 9.59 Å². The molecule has 0 aromatic heterocycles. The molecule has 0 radical (unpaired) electrons. The lowest BCUT2D eigenvalue weighted by Gasteiger charge is -2.18. The van der Waals surface area contributed by atoms with Crippen LogP contribution in [0, 0.1) is 0 Å². The van der Waals surface area contributed by atoms with Crippen LogP contribution in [0.2, 0.25) is 5.02 Å².